The van der Waals surface area contributed by atoms with Crippen LogP contribution < -0.4 is 11.9 Å². The molecule has 2 rings (SSSR count). The summed E-state index contributed by atoms with van der Waals surface area (Å²) in [6, 6.07) is 0.261. The smallest absolute Gasteiger partial charge is 0.0620 e. The Labute approximate surface area is 85.7 Å². The quantitative estimate of drug-likeness (QED) is 0.663. The maximum Gasteiger partial charge on any atom is 0.0620 e. The maximum atomic E-state index is 6.04. The molecule has 2 aliphatic heterocycles. The van der Waals surface area contributed by atoms with Gasteiger partial charge in [-0.15, -0.1) is 0 Å². The van der Waals surface area contributed by atoms with E-state index in [9.17, 15) is 0 Å². The highest BCUT2D eigenvalue weighted by Crippen LogP contribution is 2.30. The lowest BCUT2D eigenvalue weighted by Gasteiger charge is -2.36. The van der Waals surface area contributed by atoms with E-state index in [4.69, 9.17) is 15.2 Å². The maximum absolute atomic E-state index is 6.04. The highest BCUT2D eigenvalue weighted by molar-refractivity contribution is 4.83. The zero-order chi connectivity index (χ0) is 9.10. The second-order valence-corrected chi connectivity index (χ2v) is 4.14. The predicted octanol–water partition coefficient (Wildman–Crippen LogP) is 0.939. The first-order valence-corrected chi connectivity index (χ1v) is 5.29. The van der Waals surface area contributed by atoms with Crippen LogP contribution in [0.4, 0.5) is 0 Å². The molecule has 4 heteroatoms. The van der Waals surface area contributed by atoms with Gasteiger partial charge in [-0.3, -0.25) is 0 Å². The molecule has 5 N–H and O–H groups in total. The van der Waals surface area contributed by atoms with Crippen LogP contribution in [0.1, 0.15) is 19.3 Å². The summed E-state index contributed by atoms with van der Waals surface area (Å²) in [7, 11) is 0. The van der Waals surface area contributed by atoms with Crippen molar-refractivity contribution in [3.05, 3.63) is 0 Å². The summed E-state index contributed by atoms with van der Waals surface area (Å²) in [5.41, 5.74) is 6.04. The zero-order valence-corrected chi connectivity index (χ0v) is 8.78. The van der Waals surface area contributed by atoms with E-state index in [1.807, 2.05) is 0 Å². The Bertz CT molecular complexity index is 160. The van der Waals surface area contributed by atoms with Crippen LogP contribution in [-0.4, -0.2) is 32.5 Å². The molecule has 0 amide bonds. The Morgan fingerprint density at radius 3 is 2.21 bits per heavy atom. The summed E-state index contributed by atoms with van der Waals surface area (Å²) in [6.07, 6.45) is 3.53. The van der Waals surface area contributed by atoms with Crippen LogP contribution in [0, 0.1) is 11.8 Å². The second kappa shape index (κ2) is 5.66. The highest BCUT2D eigenvalue weighted by atomic mass is 16.5. The topological polar surface area (TPSA) is 79.5 Å². The van der Waals surface area contributed by atoms with Crippen LogP contribution >= 0.6 is 0 Å². The van der Waals surface area contributed by atoms with Gasteiger partial charge in [0.25, 0.3) is 0 Å². The molecular weight excluding hydrogens is 180 g/mol. The SMILES string of the molecule is N.NC1COCCC1C1CCOCC1. The van der Waals surface area contributed by atoms with Crippen LogP contribution in [0.5, 0.6) is 0 Å². The number of rotatable bonds is 1. The molecular formula is C10H22N2O2. The Morgan fingerprint density at radius 1 is 0.929 bits per heavy atom. The van der Waals surface area contributed by atoms with Crippen molar-refractivity contribution in [2.45, 2.75) is 25.3 Å². The van der Waals surface area contributed by atoms with Crippen molar-refractivity contribution in [2.75, 3.05) is 26.4 Å². The van der Waals surface area contributed by atoms with Gasteiger partial charge in [0.2, 0.25) is 0 Å². The second-order valence-electron chi connectivity index (χ2n) is 4.14. The predicted molar refractivity (Wildman–Crippen MR) is 55.5 cm³/mol. The minimum absolute atomic E-state index is 0. The van der Waals surface area contributed by atoms with Gasteiger partial charge in [0.15, 0.2) is 0 Å². The van der Waals surface area contributed by atoms with E-state index in [2.05, 4.69) is 0 Å². The van der Waals surface area contributed by atoms with Crippen molar-refractivity contribution in [1.29, 1.82) is 0 Å². The summed E-state index contributed by atoms with van der Waals surface area (Å²) in [5.74, 6) is 1.46. The first kappa shape index (κ1) is 11.9. The van der Waals surface area contributed by atoms with Gasteiger partial charge in [0.05, 0.1) is 6.61 Å². The Morgan fingerprint density at radius 2 is 1.57 bits per heavy atom. The van der Waals surface area contributed by atoms with Crippen molar-refractivity contribution in [3.63, 3.8) is 0 Å². The Balaban J connectivity index is 0.000000980. The first-order chi connectivity index (χ1) is 6.38. The molecule has 0 aromatic rings. The number of nitrogens with two attached hydrogens (primary N) is 1. The van der Waals surface area contributed by atoms with Crippen LogP contribution in [0.2, 0.25) is 0 Å². The largest absolute Gasteiger partial charge is 0.381 e. The van der Waals surface area contributed by atoms with Crippen molar-refractivity contribution in [3.8, 4) is 0 Å². The van der Waals surface area contributed by atoms with Gasteiger partial charge in [-0.1, -0.05) is 0 Å². The molecule has 0 aliphatic carbocycles. The molecule has 0 aromatic heterocycles. The number of ether oxygens (including phenoxy) is 2. The lowest BCUT2D eigenvalue weighted by molar-refractivity contribution is -0.00904. The third-order valence-corrected chi connectivity index (χ3v) is 3.33. The summed E-state index contributed by atoms with van der Waals surface area (Å²) in [5, 5.41) is 0. The summed E-state index contributed by atoms with van der Waals surface area (Å²) in [6.45, 7) is 3.50. The van der Waals surface area contributed by atoms with Gasteiger partial charge in [-0.05, 0) is 31.1 Å². The highest BCUT2D eigenvalue weighted by Gasteiger charge is 2.30. The van der Waals surface area contributed by atoms with Gasteiger partial charge >= 0.3 is 0 Å². The van der Waals surface area contributed by atoms with E-state index in [0.29, 0.717) is 5.92 Å². The minimum Gasteiger partial charge on any atom is -0.381 e. The summed E-state index contributed by atoms with van der Waals surface area (Å²) < 4.78 is 10.7. The fraction of sp³-hybridized carbons (Fsp3) is 1.00. The molecule has 0 aromatic carbocycles. The standard InChI is InChI=1S/C10H19NO2.H3N/c11-10-7-13-6-3-9(10)8-1-4-12-5-2-8;/h8-10H,1-7,11H2;1H3. The van der Waals surface area contributed by atoms with Crippen molar-refractivity contribution < 1.29 is 9.47 Å². The van der Waals surface area contributed by atoms with Gasteiger partial charge in [-0.2, -0.15) is 0 Å². The van der Waals surface area contributed by atoms with Crippen molar-refractivity contribution in [2.24, 2.45) is 17.6 Å². The number of hydrogen-bond acceptors (Lipinski definition) is 4. The molecule has 2 unspecified atom stereocenters. The third-order valence-electron chi connectivity index (χ3n) is 3.33. The van der Waals surface area contributed by atoms with Gasteiger partial charge in [0.1, 0.15) is 0 Å². The first-order valence-electron chi connectivity index (χ1n) is 5.29. The molecule has 2 heterocycles. The van der Waals surface area contributed by atoms with Crippen molar-refractivity contribution in [1.82, 2.24) is 6.15 Å². The van der Waals surface area contributed by atoms with Crippen LogP contribution in [0.25, 0.3) is 0 Å². The Hall–Kier alpha value is -0.160. The monoisotopic (exact) mass is 202 g/mol. The molecule has 0 spiro atoms. The Kier molecular flexibility index (Phi) is 4.81. The zero-order valence-electron chi connectivity index (χ0n) is 8.78. The molecule has 84 valence electrons. The molecule has 0 saturated carbocycles. The summed E-state index contributed by atoms with van der Waals surface area (Å²) >= 11 is 0. The van der Waals surface area contributed by atoms with E-state index in [1.165, 1.54) is 12.8 Å². The van der Waals surface area contributed by atoms with Crippen LogP contribution in [-0.2, 0) is 9.47 Å². The van der Waals surface area contributed by atoms with E-state index >= 15 is 0 Å². The minimum atomic E-state index is 0. The van der Waals surface area contributed by atoms with Gasteiger partial charge in [-0.25, -0.2) is 0 Å². The molecule has 0 bridgehead atoms. The normalized spacial score (nSPS) is 34.9. The lowest BCUT2D eigenvalue weighted by atomic mass is 9.79. The van der Waals surface area contributed by atoms with E-state index in [1.54, 1.807) is 0 Å². The fourth-order valence-electron chi connectivity index (χ4n) is 2.51. The molecule has 2 atom stereocenters. The molecule has 2 fully saturated rings. The third kappa shape index (κ3) is 2.67. The number of hydrogen-bond donors (Lipinski definition) is 2. The molecule has 2 aliphatic rings. The average molecular weight is 202 g/mol. The van der Waals surface area contributed by atoms with Crippen LogP contribution in [0.15, 0.2) is 0 Å². The molecule has 0 radical (unpaired) electrons. The van der Waals surface area contributed by atoms with E-state index in [0.717, 1.165) is 38.8 Å². The molecule has 4 nitrogen and oxygen atoms in total. The summed E-state index contributed by atoms with van der Waals surface area (Å²) in [4.78, 5) is 0. The van der Waals surface area contributed by atoms with E-state index in [-0.39, 0.29) is 12.2 Å². The van der Waals surface area contributed by atoms with Gasteiger partial charge in [0, 0.05) is 25.9 Å². The molecule has 2 saturated heterocycles. The van der Waals surface area contributed by atoms with Gasteiger partial charge < -0.3 is 21.4 Å². The molecule has 14 heavy (non-hydrogen) atoms. The van der Waals surface area contributed by atoms with Crippen LogP contribution in [0.3, 0.4) is 0 Å². The van der Waals surface area contributed by atoms with E-state index < -0.39 is 0 Å². The average Bonchev–Trinajstić information content (AvgIpc) is 2.20. The lowest BCUT2D eigenvalue weighted by Crippen LogP contribution is -2.44. The fourth-order valence-corrected chi connectivity index (χ4v) is 2.51. The van der Waals surface area contributed by atoms with Crippen molar-refractivity contribution >= 4 is 0 Å².